The number of hydrogen-bond donors (Lipinski definition) is 0. The van der Waals surface area contributed by atoms with Gasteiger partial charge in [0.2, 0.25) is 15.9 Å². The number of sulfonamides is 1. The average Bonchev–Trinajstić information content (AvgIpc) is 2.87. The van der Waals surface area contributed by atoms with E-state index in [1.807, 2.05) is 29.8 Å². The highest BCUT2D eigenvalue weighted by atomic mass is 32.2. The highest BCUT2D eigenvalue weighted by molar-refractivity contribution is 7.88. The van der Waals surface area contributed by atoms with Crippen LogP contribution in [0.4, 0.5) is 0 Å². The van der Waals surface area contributed by atoms with Gasteiger partial charge >= 0.3 is 0 Å². The molecule has 23 heavy (non-hydrogen) atoms. The fourth-order valence-electron chi connectivity index (χ4n) is 2.85. The van der Waals surface area contributed by atoms with Gasteiger partial charge in [0.05, 0.1) is 30.0 Å². The third kappa shape index (κ3) is 3.37. The van der Waals surface area contributed by atoms with Gasteiger partial charge in [-0.3, -0.25) is 4.79 Å². The van der Waals surface area contributed by atoms with Crippen molar-refractivity contribution in [3.05, 3.63) is 30.1 Å². The summed E-state index contributed by atoms with van der Waals surface area (Å²) in [5.41, 5.74) is 2.83. The van der Waals surface area contributed by atoms with Crippen LogP contribution in [0, 0.1) is 0 Å². The molecule has 0 aliphatic carbocycles. The number of amides is 1. The van der Waals surface area contributed by atoms with Crippen LogP contribution < -0.4 is 0 Å². The number of aromatic nitrogens is 2. The third-order valence-corrected chi connectivity index (χ3v) is 5.51. The van der Waals surface area contributed by atoms with Crippen LogP contribution in [0.3, 0.4) is 0 Å². The Bertz CT molecular complexity index is 836. The van der Waals surface area contributed by atoms with Crippen LogP contribution in [0.2, 0.25) is 0 Å². The molecule has 1 aromatic carbocycles. The van der Waals surface area contributed by atoms with Crippen LogP contribution >= 0.6 is 0 Å². The Hall–Kier alpha value is -1.93. The van der Waals surface area contributed by atoms with Crippen LogP contribution in [-0.4, -0.2) is 65.5 Å². The van der Waals surface area contributed by atoms with Gasteiger partial charge in [0.15, 0.2) is 0 Å². The lowest BCUT2D eigenvalue weighted by molar-refractivity contribution is -0.131. The van der Waals surface area contributed by atoms with Crippen molar-refractivity contribution in [3.63, 3.8) is 0 Å². The molecule has 2 heterocycles. The molecule has 8 heteroatoms. The van der Waals surface area contributed by atoms with E-state index in [4.69, 9.17) is 0 Å². The first-order chi connectivity index (χ1) is 10.8. The standard InChI is InChI=1S/C15H20N4O3S/c1-17-11-16-13-9-12(3-4-14(13)17)10-15(20)18-5-7-19(8-6-18)23(2,21)22/h3-4,9,11H,5-8,10H2,1-2H3. The van der Waals surface area contributed by atoms with Crippen molar-refractivity contribution >= 4 is 27.0 Å². The Balaban J connectivity index is 1.65. The normalized spacial score (nSPS) is 16.9. The number of aryl methyl sites for hydroxylation is 1. The molecule has 124 valence electrons. The second-order valence-corrected chi connectivity index (χ2v) is 7.88. The van der Waals surface area contributed by atoms with Gasteiger partial charge in [-0.1, -0.05) is 6.07 Å². The molecular weight excluding hydrogens is 316 g/mol. The van der Waals surface area contributed by atoms with E-state index in [1.54, 1.807) is 11.2 Å². The predicted octanol–water partition coefficient (Wildman–Crippen LogP) is 0.220. The summed E-state index contributed by atoms with van der Waals surface area (Å²) in [6.07, 6.45) is 3.26. The Kier molecular flexibility index (Phi) is 4.11. The Morgan fingerprint density at radius 3 is 2.57 bits per heavy atom. The number of imidazole rings is 1. The quantitative estimate of drug-likeness (QED) is 0.803. The molecule has 0 radical (unpaired) electrons. The van der Waals surface area contributed by atoms with Crippen LogP contribution in [0.25, 0.3) is 11.0 Å². The molecule has 0 saturated carbocycles. The maximum Gasteiger partial charge on any atom is 0.227 e. The van der Waals surface area contributed by atoms with E-state index in [-0.39, 0.29) is 5.91 Å². The topological polar surface area (TPSA) is 75.5 Å². The summed E-state index contributed by atoms with van der Waals surface area (Å²) < 4.78 is 26.3. The lowest BCUT2D eigenvalue weighted by Gasteiger charge is -2.33. The van der Waals surface area contributed by atoms with Gasteiger partial charge in [-0.2, -0.15) is 4.31 Å². The minimum Gasteiger partial charge on any atom is -0.340 e. The lowest BCUT2D eigenvalue weighted by atomic mass is 10.1. The Labute approximate surface area is 135 Å². The van der Waals surface area contributed by atoms with Crippen LogP contribution in [0.5, 0.6) is 0 Å². The van der Waals surface area contributed by atoms with E-state index in [0.29, 0.717) is 32.6 Å². The van der Waals surface area contributed by atoms with E-state index in [0.717, 1.165) is 16.6 Å². The summed E-state index contributed by atoms with van der Waals surface area (Å²) in [6, 6.07) is 5.83. The number of hydrogen-bond acceptors (Lipinski definition) is 4. The number of nitrogens with zero attached hydrogens (tertiary/aromatic N) is 4. The molecule has 0 N–H and O–H groups in total. The van der Waals surface area contributed by atoms with Crippen molar-refractivity contribution in [2.75, 3.05) is 32.4 Å². The van der Waals surface area contributed by atoms with E-state index in [2.05, 4.69) is 4.98 Å². The fourth-order valence-corrected chi connectivity index (χ4v) is 3.67. The summed E-state index contributed by atoms with van der Waals surface area (Å²) in [4.78, 5) is 18.4. The summed E-state index contributed by atoms with van der Waals surface area (Å²) in [5, 5.41) is 0. The molecule has 2 aromatic rings. The molecule has 0 atom stereocenters. The zero-order valence-electron chi connectivity index (χ0n) is 13.3. The van der Waals surface area contributed by atoms with Gasteiger partial charge in [-0.15, -0.1) is 0 Å². The number of piperazine rings is 1. The number of rotatable bonds is 3. The Morgan fingerprint density at radius 1 is 1.22 bits per heavy atom. The van der Waals surface area contributed by atoms with Crippen molar-refractivity contribution in [2.24, 2.45) is 7.05 Å². The lowest BCUT2D eigenvalue weighted by Crippen LogP contribution is -2.50. The van der Waals surface area contributed by atoms with E-state index in [9.17, 15) is 13.2 Å². The molecule has 1 saturated heterocycles. The zero-order valence-corrected chi connectivity index (χ0v) is 14.1. The molecule has 0 bridgehead atoms. The summed E-state index contributed by atoms with van der Waals surface area (Å²) in [6.45, 7) is 1.61. The second-order valence-electron chi connectivity index (χ2n) is 5.90. The van der Waals surface area contributed by atoms with Crippen LogP contribution in [-0.2, 0) is 28.3 Å². The maximum absolute atomic E-state index is 12.4. The van der Waals surface area contributed by atoms with Gasteiger partial charge in [-0.25, -0.2) is 13.4 Å². The molecular formula is C15H20N4O3S. The van der Waals surface area contributed by atoms with Gasteiger partial charge < -0.3 is 9.47 Å². The summed E-state index contributed by atoms with van der Waals surface area (Å²) in [5.74, 6) is 0.0217. The van der Waals surface area contributed by atoms with Crippen LogP contribution in [0.1, 0.15) is 5.56 Å². The van der Waals surface area contributed by atoms with Gasteiger partial charge in [-0.05, 0) is 17.7 Å². The van der Waals surface area contributed by atoms with Gasteiger partial charge in [0.25, 0.3) is 0 Å². The van der Waals surface area contributed by atoms with Crippen molar-refractivity contribution in [3.8, 4) is 0 Å². The predicted molar refractivity (Wildman–Crippen MR) is 87.4 cm³/mol. The summed E-state index contributed by atoms with van der Waals surface area (Å²) >= 11 is 0. The number of carbonyl (C=O) groups excluding carboxylic acids is 1. The largest absolute Gasteiger partial charge is 0.340 e. The molecule has 1 aliphatic rings. The molecule has 1 aromatic heterocycles. The van der Waals surface area contributed by atoms with E-state index >= 15 is 0 Å². The molecule has 0 unspecified atom stereocenters. The molecule has 7 nitrogen and oxygen atoms in total. The SMILES string of the molecule is Cn1cnc2cc(CC(=O)N3CCN(S(C)(=O)=O)CC3)ccc21. The molecule has 0 spiro atoms. The van der Waals surface area contributed by atoms with Gasteiger partial charge in [0, 0.05) is 33.2 Å². The smallest absolute Gasteiger partial charge is 0.227 e. The molecule has 1 fully saturated rings. The van der Waals surface area contributed by atoms with Crippen molar-refractivity contribution in [1.82, 2.24) is 18.8 Å². The summed E-state index contributed by atoms with van der Waals surface area (Å²) in [7, 11) is -1.24. The first-order valence-corrected chi connectivity index (χ1v) is 9.32. The number of carbonyl (C=O) groups is 1. The van der Waals surface area contributed by atoms with Gasteiger partial charge in [0.1, 0.15) is 0 Å². The van der Waals surface area contributed by atoms with Crippen molar-refractivity contribution in [2.45, 2.75) is 6.42 Å². The zero-order chi connectivity index (χ0) is 16.6. The van der Waals surface area contributed by atoms with Crippen molar-refractivity contribution < 1.29 is 13.2 Å². The van der Waals surface area contributed by atoms with Crippen molar-refractivity contribution in [1.29, 1.82) is 0 Å². The fraction of sp³-hybridized carbons (Fsp3) is 0.467. The molecule has 3 rings (SSSR count). The monoisotopic (exact) mass is 336 g/mol. The van der Waals surface area contributed by atoms with E-state index in [1.165, 1.54) is 10.6 Å². The highest BCUT2D eigenvalue weighted by Gasteiger charge is 2.25. The minimum absolute atomic E-state index is 0.0217. The number of benzene rings is 1. The van der Waals surface area contributed by atoms with E-state index < -0.39 is 10.0 Å². The first kappa shape index (κ1) is 15.9. The maximum atomic E-state index is 12.4. The molecule has 1 amide bonds. The minimum atomic E-state index is -3.17. The molecule has 1 aliphatic heterocycles. The third-order valence-electron chi connectivity index (χ3n) is 4.21. The Morgan fingerprint density at radius 2 is 1.91 bits per heavy atom. The highest BCUT2D eigenvalue weighted by Crippen LogP contribution is 2.15. The van der Waals surface area contributed by atoms with Crippen LogP contribution in [0.15, 0.2) is 24.5 Å². The first-order valence-electron chi connectivity index (χ1n) is 7.47. The number of fused-ring (bicyclic) bond motifs is 1. The average molecular weight is 336 g/mol. The second kappa shape index (κ2) is 5.93.